The van der Waals surface area contributed by atoms with Gasteiger partial charge < -0.3 is 0 Å². The van der Waals surface area contributed by atoms with Gasteiger partial charge in [-0.05, 0) is 40.3 Å². The molecule has 124 valence electrons. The topological polar surface area (TPSA) is 12.9 Å². The second-order valence-electron chi connectivity index (χ2n) is 5.81. The lowest BCUT2D eigenvalue weighted by Gasteiger charge is -2.02. The third kappa shape index (κ3) is 5.43. The van der Waals surface area contributed by atoms with E-state index in [9.17, 15) is 0 Å². The average Bonchev–Trinajstić information content (AvgIpc) is 2.58. The molecule has 0 radical (unpaired) electrons. The van der Waals surface area contributed by atoms with Gasteiger partial charge in [0, 0.05) is 5.56 Å². The summed E-state index contributed by atoms with van der Waals surface area (Å²) < 4.78 is 0. The summed E-state index contributed by atoms with van der Waals surface area (Å²) >= 11 is 0. The fourth-order valence-corrected chi connectivity index (χ4v) is 2.26. The summed E-state index contributed by atoms with van der Waals surface area (Å²) in [6.45, 7) is 18.3. The molecule has 0 atom stereocenters. The van der Waals surface area contributed by atoms with Gasteiger partial charge in [0.05, 0.1) is 11.0 Å². The Balaban J connectivity index is 2.99. The van der Waals surface area contributed by atoms with Gasteiger partial charge in [-0.15, -0.1) is 0 Å². The molecule has 0 aliphatic rings. The average molecular weight is 325 g/mol. The highest BCUT2D eigenvalue weighted by Crippen LogP contribution is 2.14. The molecule has 0 aliphatic carbocycles. The van der Waals surface area contributed by atoms with E-state index in [2.05, 4.69) is 31.3 Å². The third-order valence-electron chi connectivity index (χ3n) is 3.77. The highest BCUT2D eigenvalue weighted by atomic mass is 14.7. The normalized spacial score (nSPS) is 9.64. The quantitative estimate of drug-likeness (QED) is 0.785. The molecular weight excluding hydrogens is 302 g/mol. The van der Waals surface area contributed by atoms with E-state index in [1.54, 1.807) is 0 Å². The number of aromatic nitrogens is 1. The zero-order valence-corrected chi connectivity index (χ0v) is 14.7. The van der Waals surface area contributed by atoms with Crippen molar-refractivity contribution < 1.29 is 0 Å². The third-order valence-corrected chi connectivity index (χ3v) is 3.77. The minimum absolute atomic E-state index is 0.683. The zero-order valence-electron chi connectivity index (χ0n) is 14.7. The first-order valence-electron chi connectivity index (χ1n) is 8.09. The molecule has 2 rings (SSSR count). The van der Waals surface area contributed by atoms with Crippen LogP contribution < -0.4 is 21.0 Å². The van der Waals surface area contributed by atoms with E-state index in [0.717, 1.165) is 32.5 Å². The highest BCUT2D eigenvalue weighted by Gasteiger charge is 1.99. The van der Waals surface area contributed by atoms with Crippen molar-refractivity contribution in [2.45, 2.75) is 6.92 Å². The highest BCUT2D eigenvalue weighted by molar-refractivity contribution is 5.62. The lowest BCUT2D eigenvalue weighted by molar-refractivity contribution is 1.27. The van der Waals surface area contributed by atoms with E-state index >= 15 is 0 Å². The van der Waals surface area contributed by atoms with Gasteiger partial charge in [-0.25, -0.2) is 4.98 Å². The van der Waals surface area contributed by atoms with Crippen LogP contribution in [0.4, 0.5) is 0 Å². The molecular formula is C24H23N. The van der Waals surface area contributed by atoms with Crippen LogP contribution in [-0.4, -0.2) is 4.98 Å². The van der Waals surface area contributed by atoms with Crippen LogP contribution in [0, 0.1) is 6.92 Å². The summed E-state index contributed by atoms with van der Waals surface area (Å²) in [4.78, 5) is 4.68. The molecule has 1 aromatic carbocycles. The molecule has 0 bridgehead atoms. The smallest absolute Gasteiger partial charge is 0.0712 e. The number of hydrogen-bond donors (Lipinski definition) is 0. The van der Waals surface area contributed by atoms with Crippen LogP contribution in [0.25, 0.3) is 37.6 Å². The van der Waals surface area contributed by atoms with E-state index in [-0.39, 0.29) is 0 Å². The minimum Gasteiger partial charge on any atom is -0.249 e. The molecule has 1 aromatic heterocycles. The zero-order chi connectivity index (χ0) is 18.2. The Labute approximate surface area is 149 Å². The number of rotatable bonds is 1. The van der Waals surface area contributed by atoms with Crippen LogP contribution >= 0.6 is 0 Å². The monoisotopic (exact) mass is 325 g/mol. The summed E-state index contributed by atoms with van der Waals surface area (Å²) in [6, 6.07) is 23.4. The van der Waals surface area contributed by atoms with E-state index in [1.165, 1.54) is 0 Å². The van der Waals surface area contributed by atoms with E-state index in [1.807, 2.05) is 79.7 Å². The Morgan fingerprint density at radius 1 is 0.640 bits per heavy atom. The number of nitrogens with zero attached hydrogens (tertiary/aromatic N) is 1. The van der Waals surface area contributed by atoms with Crippen LogP contribution in [0.1, 0.15) is 5.56 Å². The molecule has 0 aliphatic heterocycles. The van der Waals surface area contributed by atoms with Crippen LogP contribution in [0.15, 0.2) is 72.8 Å². The second kappa shape index (κ2) is 8.60. The van der Waals surface area contributed by atoms with E-state index in [0.29, 0.717) is 5.35 Å². The first-order valence-corrected chi connectivity index (χ1v) is 8.09. The molecule has 2 aromatic rings. The summed E-state index contributed by atoms with van der Waals surface area (Å²) in [7, 11) is 0. The maximum Gasteiger partial charge on any atom is 0.0712 e. The standard InChI is InChI=1S/C24H23N/c1-18-10-6-8-12-20(3)22(5)23(16-14-18)24-17-15-19(2)11-7-9-13-21(4)25-24/h6-17H,1-4H2,5H3. The Kier molecular flexibility index (Phi) is 6.25. The van der Waals surface area contributed by atoms with Gasteiger partial charge in [-0.3, -0.25) is 0 Å². The van der Waals surface area contributed by atoms with Gasteiger partial charge in [0.25, 0.3) is 0 Å². The Hall–Kier alpha value is -3.19. The molecule has 0 saturated heterocycles. The molecule has 0 N–H and O–H groups in total. The van der Waals surface area contributed by atoms with Gasteiger partial charge in [0.2, 0.25) is 0 Å². The molecule has 0 amide bonds. The van der Waals surface area contributed by atoms with Crippen LogP contribution in [0.2, 0.25) is 0 Å². The molecule has 1 nitrogen and oxygen atoms in total. The van der Waals surface area contributed by atoms with Gasteiger partial charge in [-0.2, -0.15) is 0 Å². The molecule has 0 unspecified atom stereocenters. The molecule has 1 heterocycles. The summed E-state index contributed by atoms with van der Waals surface area (Å²) in [5.41, 5.74) is 2.84. The van der Waals surface area contributed by atoms with Crippen LogP contribution in [0.5, 0.6) is 0 Å². The van der Waals surface area contributed by atoms with Crippen molar-refractivity contribution in [1.29, 1.82) is 0 Å². The SMILES string of the molecule is C=c1ccccc(=C)nc(-c2ccc(=C)ccccc(=C)c2C)cc1. The molecule has 0 saturated carbocycles. The lowest BCUT2D eigenvalue weighted by Crippen LogP contribution is -2.06. The summed E-state index contributed by atoms with van der Waals surface area (Å²) in [5, 5.41) is 3.43. The van der Waals surface area contributed by atoms with Crippen molar-refractivity contribution in [2.75, 3.05) is 0 Å². The fourth-order valence-electron chi connectivity index (χ4n) is 2.26. The maximum absolute atomic E-state index is 4.68. The largest absolute Gasteiger partial charge is 0.249 e. The molecule has 0 fully saturated rings. The number of hydrogen-bond acceptors (Lipinski definition) is 1. The van der Waals surface area contributed by atoms with Crippen molar-refractivity contribution in [3.05, 3.63) is 99.4 Å². The van der Waals surface area contributed by atoms with Crippen LogP contribution in [0.3, 0.4) is 0 Å². The Morgan fingerprint density at radius 3 is 1.88 bits per heavy atom. The predicted molar refractivity (Wildman–Crippen MR) is 110 cm³/mol. The fraction of sp³-hybridized carbons (Fsp3) is 0.0417. The predicted octanol–water partition coefficient (Wildman–Crippen LogP) is 2.95. The summed E-state index contributed by atoms with van der Waals surface area (Å²) in [6.07, 6.45) is 0. The van der Waals surface area contributed by atoms with Crippen molar-refractivity contribution in [1.82, 2.24) is 4.98 Å². The first-order chi connectivity index (χ1) is 12.0. The Bertz CT molecular complexity index is 1080. The van der Waals surface area contributed by atoms with E-state index in [4.69, 9.17) is 0 Å². The van der Waals surface area contributed by atoms with Crippen LogP contribution in [-0.2, 0) is 0 Å². The maximum atomic E-state index is 4.68. The van der Waals surface area contributed by atoms with Crippen molar-refractivity contribution >= 4 is 26.3 Å². The minimum atomic E-state index is 0.683. The first kappa shape index (κ1) is 18.2. The molecule has 25 heavy (non-hydrogen) atoms. The van der Waals surface area contributed by atoms with E-state index < -0.39 is 0 Å². The lowest BCUT2D eigenvalue weighted by atomic mass is 10.1. The Morgan fingerprint density at radius 2 is 1.20 bits per heavy atom. The van der Waals surface area contributed by atoms with Crippen molar-refractivity contribution in [2.24, 2.45) is 0 Å². The summed E-state index contributed by atoms with van der Waals surface area (Å²) in [5.74, 6) is 0. The van der Waals surface area contributed by atoms with Gasteiger partial charge in [-0.1, -0.05) is 87.0 Å². The van der Waals surface area contributed by atoms with Crippen molar-refractivity contribution in [3.63, 3.8) is 0 Å². The van der Waals surface area contributed by atoms with Gasteiger partial charge in [0.1, 0.15) is 0 Å². The second-order valence-corrected chi connectivity index (χ2v) is 5.81. The molecule has 1 heteroatoms. The van der Waals surface area contributed by atoms with Gasteiger partial charge >= 0.3 is 0 Å². The molecule has 0 spiro atoms. The van der Waals surface area contributed by atoms with Gasteiger partial charge in [0.15, 0.2) is 0 Å². The van der Waals surface area contributed by atoms with Crippen molar-refractivity contribution in [3.8, 4) is 11.3 Å².